The molecule has 26 heavy (non-hydrogen) atoms. The average molecular weight is 435 g/mol. The van der Waals surface area contributed by atoms with Crippen LogP contribution in [0.25, 0.3) is 6.08 Å². The number of carbonyl (C=O) groups excluding carboxylic acids is 1. The van der Waals surface area contributed by atoms with Crippen LogP contribution in [-0.4, -0.2) is 30.4 Å². The number of phenolic OH excluding ortho intramolecular Hbond substituents is 1. The van der Waals surface area contributed by atoms with Crippen LogP contribution >= 0.6 is 27.7 Å². The normalized spacial score (nSPS) is 16.8. The van der Waals surface area contributed by atoms with E-state index in [1.54, 1.807) is 37.5 Å². The van der Waals surface area contributed by atoms with Gasteiger partial charge in [0.05, 0.1) is 29.3 Å². The van der Waals surface area contributed by atoms with Crippen molar-refractivity contribution in [1.29, 1.82) is 0 Å². The number of thioether (sulfide) groups is 1. The molecule has 0 aliphatic carbocycles. The number of aliphatic imine (C=N–C) groups is 1. The molecule has 1 amide bonds. The summed E-state index contributed by atoms with van der Waals surface area (Å²) in [5.74, 6) is 0.844. The number of carbonyl (C=O) groups is 1. The third-order valence-corrected chi connectivity index (χ3v) is 5.04. The Morgan fingerprint density at radius 2 is 1.92 bits per heavy atom. The maximum Gasteiger partial charge on any atom is 0.264 e. The SMILES string of the molecule is COc1ccc(N=C2NC(=O)/C(=C\c3cc(Br)c(O)c(OC)c3)S2)cc1. The van der Waals surface area contributed by atoms with Gasteiger partial charge in [-0.2, -0.15) is 0 Å². The summed E-state index contributed by atoms with van der Waals surface area (Å²) in [6.45, 7) is 0. The molecule has 134 valence electrons. The second-order valence-electron chi connectivity index (χ2n) is 5.23. The first kappa shape index (κ1) is 18.3. The molecule has 0 spiro atoms. The summed E-state index contributed by atoms with van der Waals surface area (Å²) in [6.07, 6.45) is 1.71. The zero-order valence-electron chi connectivity index (χ0n) is 13.9. The van der Waals surface area contributed by atoms with Gasteiger partial charge in [-0.05, 0) is 75.7 Å². The number of nitrogens with zero attached hydrogens (tertiary/aromatic N) is 1. The molecule has 8 heteroatoms. The number of rotatable bonds is 4. The molecule has 2 N–H and O–H groups in total. The van der Waals surface area contributed by atoms with Crippen molar-refractivity contribution in [3.8, 4) is 17.2 Å². The summed E-state index contributed by atoms with van der Waals surface area (Å²) in [6, 6.07) is 10.6. The van der Waals surface area contributed by atoms with E-state index < -0.39 is 0 Å². The van der Waals surface area contributed by atoms with Crippen molar-refractivity contribution in [3.63, 3.8) is 0 Å². The quantitative estimate of drug-likeness (QED) is 0.709. The van der Waals surface area contributed by atoms with Crippen LogP contribution < -0.4 is 14.8 Å². The van der Waals surface area contributed by atoms with Crippen LogP contribution in [0.4, 0.5) is 5.69 Å². The minimum absolute atomic E-state index is 0.0138. The third-order valence-electron chi connectivity index (χ3n) is 3.52. The molecule has 1 saturated heterocycles. The summed E-state index contributed by atoms with van der Waals surface area (Å²) >= 11 is 4.51. The van der Waals surface area contributed by atoms with Crippen LogP contribution in [0.15, 0.2) is 50.8 Å². The van der Waals surface area contributed by atoms with Crippen molar-refractivity contribution < 1.29 is 19.4 Å². The minimum Gasteiger partial charge on any atom is -0.503 e. The Labute approximate surface area is 163 Å². The fourth-order valence-corrected chi connectivity index (χ4v) is 3.54. The van der Waals surface area contributed by atoms with Gasteiger partial charge >= 0.3 is 0 Å². The number of methoxy groups -OCH3 is 2. The van der Waals surface area contributed by atoms with Crippen molar-refractivity contribution in [1.82, 2.24) is 5.32 Å². The van der Waals surface area contributed by atoms with Gasteiger partial charge in [0.1, 0.15) is 5.75 Å². The zero-order valence-corrected chi connectivity index (χ0v) is 16.3. The third kappa shape index (κ3) is 4.03. The van der Waals surface area contributed by atoms with Gasteiger partial charge in [0.15, 0.2) is 16.7 Å². The fraction of sp³-hybridized carbons (Fsp3) is 0.111. The van der Waals surface area contributed by atoms with Crippen LogP contribution in [0.3, 0.4) is 0 Å². The van der Waals surface area contributed by atoms with Crippen LogP contribution in [0, 0.1) is 0 Å². The summed E-state index contributed by atoms with van der Waals surface area (Å²) in [4.78, 5) is 17.1. The van der Waals surface area contributed by atoms with Gasteiger partial charge < -0.3 is 19.9 Å². The molecule has 1 aliphatic rings. The molecular formula is C18H15BrN2O4S. The van der Waals surface area contributed by atoms with Gasteiger partial charge in [0, 0.05) is 0 Å². The molecule has 0 atom stereocenters. The number of amidine groups is 1. The van der Waals surface area contributed by atoms with Crippen LogP contribution in [0.5, 0.6) is 17.2 Å². The molecule has 1 aliphatic heterocycles. The van der Waals surface area contributed by atoms with E-state index >= 15 is 0 Å². The second-order valence-corrected chi connectivity index (χ2v) is 7.12. The molecule has 0 aromatic heterocycles. The maximum absolute atomic E-state index is 12.2. The van der Waals surface area contributed by atoms with Gasteiger partial charge in [0.25, 0.3) is 5.91 Å². The summed E-state index contributed by atoms with van der Waals surface area (Å²) in [5, 5.41) is 13.1. The largest absolute Gasteiger partial charge is 0.503 e. The number of ether oxygens (including phenoxy) is 2. The van der Waals surface area contributed by atoms with E-state index in [0.29, 0.717) is 26.0 Å². The van der Waals surface area contributed by atoms with Gasteiger partial charge in [0.2, 0.25) is 0 Å². The molecule has 0 radical (unpaired) electrons. The molecule has 0 bridgehead atoms. The lowest BCUT2D eigenvalue weighted by atomic mass is 10.2. The van der Waals surface area contributed by atoms with Gasteiger partial charge in [-0.1, -0.05) is 0 Å². The van der Waals surface area contributed by atoms with Gasteiger partial charge in [-0.25, -0.2) is 4.99 Å². The Morgan fingerprint density at radius 3 is 2.58 bits per heavy atom. The van der Waals surface area contributed by atoms with Gasteiger partial charge in [-0.15, -0.1) is 0 Å². The number of benzene rings is 2. The number of aromatic hydroxyl groups is 1. The highest BCUT2D eigenvalue weighted by atomic mass is 79.9. The number of amides is 1. The van der Waals surface area contributed by atoms with Crippen molar-refractivity contribution in [3.05, 3.63) is 51.3 Å². The Hall–Kier alpha value is -2.45. The Morgan fingerprint density at radius 1 is 1.19 bits per heavy atom. The first-order valence-electron chi connectivity index (χ1n) is 7.50. The van der Waals surface area contributed by atoms with Crippen molar-refractivity contribution in [2.45, 2.75) is 0 Å². The standard InChI is InChI=1S/C18H15BrN2O4S/c1-24-12-5-3-11(4-6-12)20-18-21-17(23)15(26-18)9-10-7-13(19)16(22)14(8-10)25-2/h3-9,22H,1-2H3,(H,20,21,23)/b15-9+. The molecule has 0 saturated carbocycles. The monoisotopic (exact) mass is 434 g/mol. The lowest BCUT2D eigenvalue weighted by Crippen LogP contribution is -2.19. The highest BCUT2D eigenvalue weighted by Crippen LogP contribution is 2.37. The average Bonchev–Trinajstić information content (AvgIpc) is 2.97. The molecule has 2 aromatic carbocycles. The molecule has 2 aromatic rings. The van der Waals surface area contributed by atoms with Crippen molar-refractivity contribution in [2.75, 3.05) is 14.2 Å². The number of hydrogen-bond acceptors (Lipinski definition) is 6. The first-order chi connectivity index (χ1) is 12.5. The highest BCUT2D eigenvalue weighted by Gasteiger charge is 2.24. The topological polar surface area (TPSA) is 80.2 Å². The molecular weight excluding hydrogens is 420 g/mol. The summed E-state index contributed by atoms with van der Waals surface area (Å²) in [5.41, 5.74) is 1.43. The molecule has 1 fully saturated rings. The van der Waals surface area contributed by atoms with Crippen molar-refractivity contribution >= 4 is 50.5 Å². The number of hydrogen-bond donors (Lipinski definition) is 2. The highest BCUT2D eigenvalue weighted by molar-refractivity contribution is 9.10. The predicted octanol–water partition coefficient (Wildman–Crippen LogP) is 4.06. The molecule has 6 nitrogen and oxygen atoms in total. The smallest absolute Gasteiger partial charge is 0.264 e. The van der Waals surface area contributed by atoms with Crippen LogP contribution in [0.1, 0.15) is 5.56 Å². The molecule has 0 unspecified atom stereocenters. The number of halogens is 1. The predicted molar refractivity (Wildman–Crippen MR) is 106 cm³/mol. The van der Waals surface area contributed by atoms with E-state index in [4.69, 9.17) is 9.47 Å². The Balaban J connectivity index is 1.84. The maximum atomic E-state index is 12.2. The Kier molecular flexibility index (Phi) is 5.53. The van der Waals surface area contributed by atoms with E-state index in [0.717, 1.165) is 11.3 Å². The summed E-state index contributed by atoms with van der Waals surface area (Å²) < 4.78 is 10.7. The molecule has 3 rings (SSSR count). The summed E-state index contributed by atoms with van der Waals surface area (Å²) in [7, 11) is 3.07. The minimum atomic E-state index is -0.231. The fourth-order valence-electron chi connectivity index (χ4n) is 2.24. The van der Waals surface area contributed by atoms with E-state index in [1.807, 2.05) is 12.1 Å². The van der Waals surface area contributed by atoms with E-state index in [9.17, 15) is 9.90 Å². The second kappa shape index (κ2) is 7.84. The van der Waals surface area contributed by atoms with Crippen molar-refractivity contribution in [2.24, 2.45) is 4.99 Å². The lowest BCUT2D eigenvalue weighted by Gasteiger charge is -2.06. The van der Waals surface area contributed by atoms with E-state index in [2.05, 4.69) is 26.2 Å². The first-order valence-corrected chi connectivity index (χ1v) is 9.11. The Bertz CT molecular complexity index is 910. The lowest BCUT2D eigenvalue weighted by molar-refractivity contribution is -0.115. The number of phenols is 1. The van der Waals surface area contributed by atoms with Crippen LogP contribution in [-0.2, 0) is 4.79 Å². The van der Waals surface area contributed by atoms with Gasteiger partial charge in [-0.3, -0.25) is 4.79 Å². The zero-order chi connectivity index (χ0) is 18.7. The van der Waals surface area contributed by atoms with Crippen LogP contribution in [0.2, 0.25) is 0 Å². The van der Waals surface area contributed by atoms with E-state index in [1.165, 1.54) is 18.9 Å². The molecule has 1 heterocycles. The number of nitrogens with one attached hydrogen (secondary N) is 1. The van der Waals surface area contributed by atoms with E-state index in [-0.39, 0.29) is 11.7 Å².